The molecule has 4 rings (SSSR count). The molecule has 0 saturated carbocycles. The van der Waals surface area contributed by atoms with Crippen molar-refractivity contribution in [3.8, 4) is 16.3 Å². The van der Waals surface area contributed by atoms with Gasteiger partial charge in [-0.05, 0) is 40.8 Å². The molecule has 2 aromatic carbocycles. The van der Waals surface area contributed by atoms with E-state index in [1.165, 1.54) is 0 Å². The van der Waals surface area contributed by atoms with Gasteiger partial charge in [0.05, 0.1) is 16.8 Å². The van der Waals surface area contributed by atoms with Crippen LogP contribution in [0.1, 0.15) is 21.6 Å². The van der Waals surface area contributed by atoms with Crippen molar-refractivity contribution in [3.05, 3.63) is 95.0 Å². The number of nitrogens with one attached hydrogen (secondary N) is 2. The summed E-state index contributed by atoms with van der Waals surface area (Å²) in [7, 11) is 0. The van der Waals surface area contributed by atoms with E-state index >= 15 is 0 Å². The lowest BCUT2D eigenvalue weighted by molar-refractivity contribution is 0.0950. The van der Waals surface area contributed by atoms with E-state index in [1.807, 2.05) is 72.1 Å². The molecule has 2 aromatic heterocycles. The van der Waals surface area contributed by atoms with E-state index in [-0.39, 0.29) is 11.6 Å². The summed E-state index contributed by atoms with van der Waals surface area (Å²) >= 11 is 1.58. The number of hydrogen-bond acceptors (Lipinski definition) is 5. The molecule has 0 saturated heterocycles. The number of aromatic nitrogens is 2. The van der Waals surface area contributed by atoms with Crippen molar-refractivity contribution in [1.82, 2.24) is 15.6 Å². The maximum absolute atomic E-state index is 12.2. The minimum Gasteiger partial charge on any atom is -0.489 e. The molecule has 1 amide bonds. The quantitative estimate of drug-likeness (QED) is 0.353. The lowest BCUT2D eigenvalue weighted by Crippen LogP contribution is -2.18. The van der Waals surface area contributed by atoms with Crippen LogP contribution < -0.4 is 10.2 Å². The highest BCUT2D eigenvalue weighted by Crippen LogP contribution is 2.22. The second kappa shape index (κ2) is 8.99. The van der Waals surface area contributed by atoms with Crippen molar-refractivity contribution < 1.29 is 9.53 Å². The van der Waals surface area contributed by atoms with Crippen molar-refractivity contribution in [2.45, 2.75) is 6.61 Å². The molecule has 0 unspecified atom stereocenters. The molecule has 7 heteroatoms. The number of rotatable bonds is 7. The van der Waals surface area contributed by atoms with Crippen molar-refractivity contribution >= 4 is 23.5 Å². The molecule has 0 atom stereocenters. The molecule has 0 bridgehead atoms. The first-order valence-corrected chi connectivity index (χ1v) is 9.85. The van der Waals surface area contributed by atoms with Crippen molar-refractivity contribution in [2.75, 3.05) is 0 Å². The summed E-state index contributed by atoms with van der Waals surface area (Å²) < 4.78 is 5.81. The number of carbonyl (C=O) groups excluding carboxylic acids is 1. The van der Waals surface area contributed by atoms with Gasteiger partial charge in [0.25, 0.3) is 5.91 Å². The second-order valence-corrected chi connectivity index (χ2v) is 7.14. The highest BCUT2D eigenvalue weighted by atomic mass is 32.1. The first-order valence-electron chi connectivity index (χ1n) is 8.97. The fourth-order valence-corrected chi connectivity index (χ4v) is 3.34. The van der Waals surface area contributed by atoms with Crippen LogP contribution in [0.3, 0.4) is 0 Å². The molecule has 29 heavy (non-hydrogen) atoms. The first kappa shape index (κ1) is 18.6. The molecule has 2 N–H and O–H groups in total. The highest BCUT2D eigenvalue weighted by Gasteiger charge is 2.11. The van der Waals surface area contributed by atoms with Crippen molar-refractivity contribution in [3.63, 3.8) is 0 Å². The molecule has 4 aromatic rings. The Hall–Kier alpha value is -3.71. The maximum atomic E-state index is 12.2. The molecule has 2 heterocycles. The summed E-state index contributed by atoms with van der Waals surface area (Å²) in [6.07, 6.45) is 1.57. The van der Waals surface area contributed by atoms with Crippen LogP contribution in [-0.4, -0.2) is 22.3 Å². The van der Waals surface area contributed by atoms with Gasteiger partial charge in [-0.15, -0.1) is 11.3 Å². The number of aromatic amines is 1. The fourth-order valence-electron chi connectivity index (χ4n) is 2.64. The molecule has 0 fully saturated rings. The second-order valence-electron chi connectivity index (χ2n) is 6.19. The number of nitrogens with zero attached hydrogens (tertiary/aromatic N) is 2. The largest absolute Gasteiger partial charge is 0.489 e. The topological polar surface area (TPSA) is 79.4 Å². The van der Waals surface area contributed by atoms with Gasteiger partial charge in [-0.1, -0.05) is 48.5 Å². The van der Waals surface area contributed by atoms with E-state index in [0.717, 1.165) is 27.4 Å². The van der Waals surface area contributed by atoms with E-state index in [1.54, 1.807) is 23.6 Å². The third kappa shape index (κ3) is 4.97. The van der Waals surface area contributed by atoms with E-state index < -0.39 is 0 Å². The zero-order valence-corrected chi connectivity index (χ0v) is 16.2. The van der Waals surface area contributed by atoms with Gasteiger partial charge >= 0.3 is 0 Å². The number of ether oxygens (including phenoxy) is 1. The zero-order valence-electron chi connectivity index (χ0n) is 15.4. The monoisotopic (exact) mass is 402 g/mol. The average Bonchev–Trinajstić information content (AvgIpc) is 3.45. The van der Waals surface area contributed by atoms with Crippen molar-refractivity contribution in [1.29, 1.82) is 0 Å². The van der Waals surface area contributed by atoms with Crippen LogP contribution in [0, 0.1) is 0 Å². The van der Waals surface area contributed by atoms with Gasteiger partial charge in [-0.2, -0.15) is 10.2 Å². The molecule has 0 aliphatic carbocycles. The number of amides is 1. The van der Waals surface area contributed by atoms with Gasteiger partial charge in [0, 0.05) is 0 Å². The minimum atomic E-state index is -0.378. The van der Waals surface area contributed by atoms with E-state index in [0.29, 0.717) is 6.61 Å². The maximum Gasteiger partial charge on any atom is 0.291 e. The van der Waals surface area contributed by atoms with Gasteiger partial charge in [0.1, 0.15) is 12.4 Å². The Balaban J connectivity index is 1.34. The Morgan fingerprint density at radius 3 is 2.83 bits per heavy atom. The van der Waals surface area contributed by atoms with Gasteiger partial charge in [-0.25, -0.2) is 5.43 Å². The summed E-state index contributed by atoms with van der Waals surface area (Å²) in [5.74, 6) is 0.355. The summed E-state index contributed by atoms with van der Waals surface area (Å²) in [6.45, 7) is 0.490. The number of carbonyl (C=O) groups is 1. The fraction of sp³-hybridized carbons (Fsp3) is 0.0455. The third-order valence-corrected chi connectivity index (χ3v) is 4.99. The van der Waals surface area contributed by atoms with Crippen molar-refractivity contribution in [2.24, 2.45) is 5.10 Å². The van der Waals surface area contributed by atoms with E-state index in [9.17, 15) is 4.79 Å². The Bertz CT molecular complexity index is 1100. The number of hydrazone groups is 1. The first-order chi connectivity index (χ1) is 14.3. The summed E-state index contributed by atoms with van der Waals surface area (Å²) in [4.78, 5) is 13.2. The van der Waals surface area contributed by atoms with Crippen LogP contribution in [0.5, 0.6) is 5.75 Å². The molecule has 6 nitrogen and oxygen atoms in total. The molecule has 0 spiro atoms. The number of H-pyrrole nitrogens is 1. The Kier molecular flexibility index (Phi) is 5.78. The third-order valence-electron chi connectivity index (χ3n) is 4.08. The highest BCUT2D eigenvalue weighted by molar-refractivity contribution is 7.13. The SMILES string of the molecule is O=C(NN=Cc1cccc(OCc2ccccc2)c1)c1cc(-c2cccs2)[nH]n1. The normalized spacial score (nSPS) is 10.9. The van der Waals surface area contributed by atoms with E-state index in [4.69, 9.17) is 4.74 Å². The molecular formula is C22H18N4O2S. The van der Waals surface area contributed by atoms with Crippen LogP contribution >= 0.6 is 11.3 Å². The standard InChI is InChI=1S/C22H18N4O2S/c27-22(20-13-19(24-25-20)21-10-5-11-29-21)26-23-14-17-8-4-9-18(12-17)28-15-16-6-2-1-3-7-16/h1-14H,15H2,(H,24,25)(H,26,27). The van der Waals surface area contributed by atoms with Gasteiger partial charge < -0.3 is 4.74 Å². The predicted molar refractivity (Wildman–Crippen MR) is 114 cm³/mol. The summed E-state index contributed by atoms with van der Waals surface area (Å²) in [5.41, 5.74) is 5.49. The summed E-state index contributed by atoms with van der Waals surface area (Å²) in [5, 5.41) is 12.9. The molecule has 0 aliphatic heterocycles. The molecule has 0 radical (unpaired) electrons. The molecule has 0 aliphatic rings. The van der Waals surface area contributed by atoms with Crippen LogP contribution in [0.2, 0.25) is 0 Å². The Morgan fingerprint density at radius 1 is 1.10 bits per heavy atom. The molecule has 144 valence electrons. The van der Waals surface area contributed by atoms with Crippen LogP contribution in [0.15, 0.2) is 83.3 Å². The van der Waals surface area contributed by atoms with Crippen LogP contribution in [0.4, 0.5) is 0 Å². The number of thiophene rings is 1. The van der Waals surface area contributed by atoms with Gasteiger partial charge in [-0.3, -0.25) is 9.89 Å². The zero-order chi connectivity index (χ0) is 19.9. The smallest absolute Gasteiger partial charge is 0.291 e. The van der Waals surface area contributed by atoms with E-state index in [2.05, 4.69) is 20.7 Å². The molecular weight excluding hydrogens is 384 g/mol. The van der Waals surface area contributed by atoms with Crippen LogP contribution in [0.25, 0.3) is 10.6 Å². The lowest BCUT2D eigenvalue weighted by Gasteiger charge is -2.06. The Labute approximate surface area is 171 Å². The predicted octanol–water partition coefficient (Wildman–Crippen LogP) is 4.48. The average molecular weight is 402 g/mol. The van der Waals surface area contributed by atoms with Gasteiger partial charge in [0.2, 0.25) is 0 Å². The van der Waals surface area contributed by atoms with Gasteiger partial charge in [0.15, 0.2) is 5.69 Å². The lowest BCUT2D eigenvalue weighted by atomic mass is 10.2. The summed E-state index contributed by atoms with van der Waals surface area (Å²) in [6, 6.07) is 23.1. The number of benzene rings is 2. The minimum absolute atomic E-state index is 0.283. The number of hydrogen-bond donors (Lipinski definition) is 2. The Morgan fingerprint density at radius 2 is 2.00 bits per heavy atom. The van der Waals surface area contributed by atoms with Crippen LogP contribution in [-0.2, 0) is 6.61 Å².